The maximum atomic E-state index is 5.25. The molecule has 11 heavy (non-hydrogen) atoms. The summed E-state index contributed by atoms with van der Waals surface area (Å²) >= 11 is 0. The highest BCUT2D eigenvalue weighted by Gasteiger charge is 2.19. The van der Waals surface area contributed by atoms with Gasteiger partial charge in [0.15, 0.2) is 0 Å². The Hall–Kier alpha value is -0.123. The molecule has 1 atom stereocenters. The summed E-state index contributed by atoms with van der Waals surface area (Å²) in [6, 6.07) is 0. The fourth-order valence-corrected chi connectivity index (χ4v) is 2.86. The largest absolute Gasteiger partial charge is 0.400 e. The van der Waals surface area contributed by atoms with E-state index in [1.165, 1.54) is 0 Å². The van der Waals surface area contributed by atoms with Crippen molar-refractivity contribution < 1.29 is 8.85 Å². The summed E-state index contributed by atoms with van der Waals surface area (Å²) in [5.74, 6) is 0. The lowest BCUT2D eigenvalue weighted by Gasteiger charge is -2.18. The third kappa shape index (κ3) is 3.70. The van der Waals surface area contributed by atoms with Crippen molar-refractivity contribution in [1.82, 2.24) is 0 Å². The van der Waals surface area contributed by atoms with Crippen LogP contribution in [0.25, 0.3) is 0 Å². The zero-order chi connectivity index (χ0) is 8.69. The van der Waals surface area contributed by atoms with Gasteiger partial charge in [-0.3, -0.25) is 0 Å². The van der Waals surface area contributed by atoms with Gasteiger partial charge < -0.3 is 8.85 Å². The summed E-state index contributed by atoms with van der Waals surface area (Å²) in [6.45, 7) is 5.93. The normalized spacial score (nSPS) is 13.5. The molecule has 0 fully saturated rings. The van der Waals surface area contributed by atoms with E-state index in [-0.39, 0.29) is 0 Å². The molecular formula is C8H18O2Si. The number of allylic oxidation sites excluding steroid dienone is 1. The van der Waals surface area contributed by atoms with Crippen LogP contribution in [0.4, 0.5) is 0 Å². The molecule has 0 N–H and O–H groups in total. The van der Waals surface area contributed by atoms with Gasteiger partial charge in [0, 0.05) is 19.8 Å². The second-order valence-corrected chi connectivity index (χ2v) is 5.06. The summed E-state index contributed by atoms with van der Waals surface area (Å²) in [4.78, 5) is 0. The average molecular weight is 174 g/mol. The fraction of sp³-hybridized carbons (Fsp3) is 0.750. The van der Waals surface area contributed by atoms with Crippen LogP contribution in [0.5, 0.6) is 0 Å². The minimum atomic E-state index is -1.44. The average Bonchev–Trinajstić information content (AvgIpc) is 2.05. The van der Waals surface area contributed by atoms with Gasteiger partial charge >= 0.3 is 9.28 Å². The number of rotatable bonds is 6. The van der Waals surface area contributed by atoms with Gasteiger partial charge in [0.1, 0.15) is 0 Å². The van der Waals surface area contributed by atoms with Crippen molar-refractivity contribution in [3.8, 4) is 0 Å². The second-order valence-electron chi connectivity index (χ2n) is 2.53. The maximum Gasteiger partial charge on any atom is 0.327 e. The molecule has 0 aromatic carbocycles. The Labute approximate surface area is 71.1 Å². The van der Waals surface area contributed by atoms with E-state index in [0.717, 1.165) is 12.8 Å². The Morgan fingerprint density at radius 3 is 2.27 bits per heavy atom. The second kappa shape index (κ2) is 6.58. The highest BCUT2D eigenvalue weighted by atomic mass is 28.3. The van der Waals surface area contributed by atoms with Gasteiger partial charge in [-0.25, -0.2) is 0 Å². The van der Waals surface area contributed by atoms with Gasteiger partial charge in [0.25, 0.3) is 0 Å². The van der Waals surface area contributed by atoms with Crippen molar-refractivity contribution >= 4 is 9.28 Å². The molecule has 3 heteroatoms. The summed E-state index contributed by atoms with van der Waals surface area (Å²) in [5.41, 5.74) is 0.454. The molecule has 0 aliphatic heterocycles. The summed E-state index contributed by atoms with van der Waals surface area (Å²) in [5, 5.41) is 0. The molecule has 0 aromatic rings. The van der Waals surface area contributed by atoms with Gasteiger partial charge in [-0.05, 0) is 6.42 Å². The van der Waals surface area contributed by atoms with E-state index >= 15 is 0 Å². The fourth-order valence-electron chi connectivity index (χ4n) is 1.14. The van der Waals surface area contributed by atoms with Crippen molar-refractivity contribution in [3.05, 3.63) is 12.7 Å². The van der Waals surface area contributed by atoms with E-state index in [4.69, 9.17) is 8.85 Å². The molecule has 0 bridgehead atoms. The topological polar surface area (TPSA) is 18.5 Å². The molecule has 1 unspecified atom stereocenters. The van der Waals surface area contributed by atoms with E-state index in [1.54, 1.807) is 14.2 Å². The predicted molar refractivity (Wildman–Crippen MR) is 50.0 cm³/mol. The van der Waals surface area contributed by atoms with Crippen molar-refractivity contribution in [3.63, 3.8) is 0 Å². The first-order chi connectivity index (χ1) is 5.29. The van der Waals surface area contributed by atoms with Crippen molar-refractivity contribution in [2.24, 2.45) is 0 Å². The molecule has 66 valence electrons. The first-order valence-electron chi connectivity index (χ1n) is 3.98. The highest BCUT2D eigenvalue weighted by Crippen LogP contribution is 2.18. The molecule has 0 rings (SSSR count). The minimum absolute atomic E-state index is 0.454. The lowest BCUT2D eigenvalue weighted by molar-refractivity contribution is 0.269. The standard InChI is InChI=1S/C8H18O2Si/c1-5-7-8(6-2)11(9-3)10-4/h6,8,11H,2,5,7H2,1,3-4H3. The molecule has 0 amide bonds. The molecule has 0 saturated carbocycles. The Balaban J connectivity index is 3.86. The Kier molecular flexibility index (Phi) is 6.50. The third-order valence-electron chi connectivity index (χ3n) is 1.74. The van der Waals surface area contributed by atoms with Crippen molar-refractivity contribution in [2.75, 3.05) is 14.2 Å². The summed E-state index contributed by atoms with van der Waals surface area (Å²) < 4.78 is 10.5. The van der Waals surface area contributed by atoms with Crippen LogP contribution in [0.3, 0.4) is 0 Å². The zero-order valence-electron chi connectivity index (χ0n) is 7.67. The van der Waals surface area contributed by atoms with Gasteiger partial charge in [0.05, 0.1) is 0 Å². The molecule has 0 heterocycles. The first-order valence-corrected chi connectivity index (χ1v) is 5.59. The van der Waals surface area contributed by atoms with Gasteiger partial charge in [0.2, 0.25) is 0 Å². The van der Waals surface area contributed by atoms with Crippen LogP contribution in [-0.4, -0.2) is 23.5 Å². The van der Waals surface area contributed by atoms with Crippen molar-refractivity contribution in [1.29, 1.82) is 0 Å². The molecular weight excluding hydrogens is 156 g/mol. The Morgan fingerprint density at radius 1 is 1.45 bits per heavy atom. The lowest BCUT2D eigenvalue weighted by Crippen LogP contribution is -2.24. The van der Waals surface area contributed by atoms with Crippen LogP contribution >= 0.6 is 0 Å². The van der Waals surface area contributed by atoms with Gasteiger partial charge in [-0.15, -0.1) is 6.58 Å². The van der Waals surface area contributed by atoms with E-state index < -0.39 is 9.28 Å². The van der Waals surface area contributed by atoms with E-state index in [1.807, 2.05) is 6.08 Å². The Morgan fingerprint density at radius 2 is 2.00 bits per heavy atom. The molecule has 0 aliphatic rings. The van der Waals surface area contributed by atoms with Crippen LogP contribution in [-0.2, 0) is 8.85 Å². The predicted octanol–water partition coefficient (Wildman–Crippen LogP) is 1.86. The maximum absolute atomic E-state index is 5.25. The minimum Gasteiger partial charge on any atom is -0.400 e. The molecule has 0 aromatic heterocycles. The van der Waals surface area contributed by atoms with E-state index in [2.05, 4.69) is 13.5 Å². The van der Waals surface area contributed by atoms with Crippen molar-refractivity contribution in [2.45, 2.75) is 25.3 Å². The van der Waals surface area contributed by atoms with E-state index in [9.17, 15) is 0 Å². The monoisotopic (exact) mass is 174 g/mol. The molecule has 0 saturated heterocycles. The number of hydrogen-bond donors (Lipinski definition) is 0. The summed E-state index contributed by atoms with van der Waals surface area (Å²) in [6.07, 6.45) is 4.24. The SMILES string of the molecule is C=CC(CCC)[SiH](OC)OC. The molecule has 0 aliphatic carbocycles. The van der Waals surface area contributed by atoms with E-state index in [0.29, 0.717) is 5.54 Å². The zero-order valence-corrected chi connectivity index (χ0v) is 8.82. The lowest BCUT2D eigenvalue weighted by atomic mass is 10.2. The van der Waals surface area contributed by atoms with Gasteiger partial charge in [-0.1, -0.05) is 19.4 Å². The summed E-state index contributed by atoms with van der Waals surface area (Å²) in [7, 11) is 1.99. The number of hydrogen-bond acceptors (Lipinski definition) is 2. The molecule has 0 radical (unpaired) electrons. The quantitative estimate of drug-likeness (QED) is 0.452. The van der Waals surface area contributed by atoms with Crippen LogP contribution in [0.2, 0.25) is 5.54 Å². The van der Waals surface area contributed by atoms with Crippen LogP contribution in [0.15, 0.2) is 12.7 Å². The highest BCUT2D eigenvalue weighted by molar-refractivity contribution is 6.47. The van der Waals surface area contributed by atoms with Crippen LogP contribution < -0.4 is 0 Å². The Bertz CT molecular complexity index is 102. The van der Waals surface area contributed by atoms with Crippen LogP contribution in [0, 0.1) is 0 Å². The smallest absolute Gasteiger partial charge is 0.327 e. The first kappa shape index (κ1) is 10.9. The third-order valence-corrected chi connectivity index (χ3v) is 3.97. The molecule has 2 nitrogen and oxygen atoms in total. The van der Waals surface area contributed by atoms with Crippen LogP contribution in [0.1, 0.15) is 19.8 Å². The molecule has 0 spiro atoms. The van der Waals surface area contributed by atoms with Gasteiger partial charge in [-0.2, -0.15) is 0 Å².